The van der Waals surface area contributed by atoms with E-state index in [0.29, 0.717) is 5.69 Å². The van der Waals surface area contributed by atoms with E-state index >= 15 is 0 Å². The quantitative estimate of drug-likeness (QED) is 0.840. The molecule has 0 spiro atoms. The summed E-state index contributed by atoms with van der Waals surface area (Å²) < 4.78 is 27.4. The Morgan fingerprint density at radius 2 is 1.85 bits per heavy atom. The summed E-state index contributed by atoms with van der Waals surface area (Å²) >= 11 is 1.39. The van der Waals surface area contributed by atoms with Gasteiger partial charge in [-0.2, -0.15) is 0 Å². The highest BCUT2D eigenvalue weighted by molar-refractivity contribution is 8.00. The standard InChI is InChI=1S/C20H18F2N2O2S/c21-14-6-9-17(16(22)10-14)24-18(25)11-27-20(24)13-4-7-15(8-5-13)23-19(26)12-2-1-3-12/h4-10,12,20H,1-3,11H2,(H,23,26). The number of benzene rings is 2. The Bertz CT molecular complexity index is 884. The van der Waals surface area contributed by atoms with Crippen LogP contribution in [-0.2, 0) is 9.59 Å². The first kappa shape index (κ1) is 18.0. The van der Waals surface area contributed by atoms with Gasteiger partial charge in [0.15, 0.2) is 0 Å². The fourth-order valence-electron chi connectivity index (χ4n) is 3.25. The molecule has 2 aromatic carbocycles. The molecule has 0 bridgehead atoms. The van der Waals surface area contributed by atoms with Crippen LogP contribution in [-0.4, -0.2) is 17.6 Å². The summed E-state index contributed by atoms with van der Waals surface area (Å²) in [6.45, 7) is 0. The topological polar surface area (TPSA) is 49.4 Å². The Hall–Kier alpha value is -2.41. The first-order valence-corrected chi connectivity index (χ1v) is 9.87. The molecule has 4 nitrogen and oxygen atoms in total. The zero-order chi connectivity index (χ0) is 19.0. The van der Waals surface area contributed by atoms with Crippen LogP contribution in [0, 0.1) is 17.6 Å². The Labute approximate surface area is 159 Å². The van der Waals surface area contributed by atoms with E-state index < -0.39 is 17.0 Å². The van der Waals surface area contributed by atoms with Crippen LogP contribution >= 0.6 is 11.8 Å². The molecule has 27 heavy (non-hydrogen) atoms. The zero-order valence-corrected chi connectivity index (χ0v) is 15.3. The first-order chi connectivity index (χ1) is 13.0. The third kappa shape index (κ3) is 3.56. The minimum atomic E-state index is -0.764. The maximum atomic E-state index is 14.2. The Balaban J connectivity index is 1.54. The number of hydrogen-bond donors (Lipinski definition) is 1. The maximum absolute atomic E-state index is 14.2. The van der Waals surface area contributed by atoms with Crippen molar-refractivity contribution in [2.75, 3.05) is 16.0 Å². The van der Waals surface area contributed by atoms with Crippen LogP contribution in [0.4, 0.5) is 20.2 Å². The van der Waals surface area contributed by atoms with Gasteiger partial charge in [-0.1, -0.05) is 18.6 Å². The number of carbonyl (C=O) groups excluding carboxylic acids is 2. The summed E-state index contributed by atoms with van der Waals surface area (Å²) in [7, 11) is 0. The van der Waals surface area contributed by atoms with Gasteiger partial charge in [-0.05, 0) is 42.7 Å². The molecule has 1 saturated carbocycles. The van der Waals surface area contributed by atoms with E-state index in [-0.39, 0.29) is 29.2 Å². The summed E-state index contributed by atoms with van der Waals surface area (Å²) in [5.74, 6) is -1.31. The number of amides is 2. The molecule has 1 aliphatic heterocycles. The van der Waals surface area contributed by atoms with Gasteiger partial charge in [0.25, 0.3) is 0 Å². The van der Waals surface area contributed by atoms with Crippen LogP contribution in [0.1, 0.15) is 30.2 Å². The van der Waals surface area contributed by atoms with Crippen molar-refractivity contribution in [3.8, 4) is 0 Å². The lowest BCUT2D eigenvalue weighted by atomic mass is 9.85. The molecule has 4 rings (SSSR count). The molecule has 1 N–H and O–H groups in total. The predicted molar refractivity (Wildman–Crippen MR) is 101 cm³/mol. The first-order valence-electron chi connectivity index (χ1n) is 8.82. The van der Waals surface area contributed by atoms with Crippen LogP contribution in [0.3, 0.4) is 0 Å². The van der Waals surface area contributed by atoms with Gasteiger partial charge < -0.3 is 5.32 Å². The van der Waals surface area contributed by atoms with Gasteiger partial charge in [-0.25, -0.2) is 8.78 Å². The molecule has 140 valence electrons. The van der Waals surface area contributed by atoms with Crippen molar-refractivity contribution < 1.29 is 18.4 Å². The minimum Gasteiger partial charge on any atom is -0.326 e. The normalized spacial score (nSPS) is 19.9. The van der Waals surface area contributed by atoms with Crippen molar-refractivity contribution in [3.05, 3.63) is 59.7 Å². The number of thioether (sulfide) groups is 1. The van der Waals surface area contributed by atoms with Crippen LogP contribution < -0.4 is 10.2 Å². The lowest BCUT2D eigenvalue weighted by molar-refractivity contribution is -0.122. The monoisotopic (exact) mass is 388 g/mol. The molecule has 2 amide bonds. The average molecular weight is 388 g/mol. The van der Waals surface area contributed by atoms with Gasteiger partial charge in [0.05, 0.1) is 11.4 Å². The molecule has 1 atom stereocenters. The molecule has 2 aliphatic rings. The van der Waals surface area contributed by atoms with Crippen molar-refractivity contribution in [1.29, 1.82) is 0 Å². The highest BCUT2D eigenvalue weighted by Crippen LogP contribution is 2.42. The van der Waals surface area contributed by atoms with Gasteiger partial charge in [0, 0.05) is 17.7 Å². The second-order valence-electron chi connectivity index (χ2n) is 6.76. The summed E-state index contributed by atoms with van der Waals surface area (Å²) in [4.78, 5) is 25.7. The highest BCUT2D eigenvalue weighted by Gasteiger charge is 2.35. The number of carbonyl (C=O) groups is 2. The van der Waals surface area contributed by atoms with Crippen LogP contribution in [0.5, 0.6) is 0 Å². The second kappa shape index (κ2) is 7.31. The van der Waals surface area contributed by atoms with Crippen LogP contribution in [0.15, 0.2) is 42.5 Å². The predicted octanol–water partition coefficient (Wildman–Crippen LogP) is 4.48. The van der Waals surface area contributed by atoms with Gasteiger partial charge >= 0.3 is 0 Å². The minimum absolute atomic E-state index is 0.0365. The molecular formula is C20H18F2N2O2S. The van der Waals surface area contributed by atoms with E-state index in [2.05, 4.69) is 5.32 Å². The van der Waals surface area contributed by atoms with E-state index in [1.54, 1.807) is 12.1 Å². The largest absolute Gasteiger partial charge is 0.326 e. The number of nitrogens with zero attached hydrogens (tertiary/aromatic N) is 1. The number of nitrogens with one attached hydrogen (secondary N) is 1. The SMILES string of the molecule is O=C(Nc1ccc(C2SCC(=O)N2c2ccc(F)cc2F)cc1)C1CCC1. The summed E-state index contributed by atoms with van der Waals surface area (Å²) in [5, 5.41) is 2.51. The van der Waals surface area contributed by atoms with E-state index in [1.807, 2.05) is 12.1 Å². The Morgan fingerprint density at radius 1 is 1.11 bits per heavy atom. The lowest BCUT2D eigenvalue weighted by Crippen LogP contribution is -2.29. The molecule has 1 aliphatic carbocycles. The molecule has 1 saturated heterocycles. The van der Waals surface area contributed by atoms with Crippen molar-refractivity contribution in [3.63, 3.8) is 0 Å². The second-order valence-corrected chi connectivity index (χ2v) is 7.83. The zero-order valence-electron chi connectivity index (χ0n) is 14.5. The number of anilines is 2. The van der Waals surface area contributed by atoms with E-state index in [9.17, 15) is 18.4 Å². The molecule has 0 aromatic heterocycles. The van der Waals surface area contributed by atoms with Crippen molar-refractivity contribution in [1.82, 2.24) is 0 Å². The highest BCUT2D eigenvalue weighted by atomic mass is 32.2. The lowest BCUT2D eigenvalue weighted by Gasteiger charge is -2.25. The van der Waals surface area contributed by atoms with Gasteiger partial charge in [0.2, 0.25) is 11.8 Å². The van der Waals surface area contributed by atoms with E-state index in [0.717, 1.165) is 37.0 Å². The third-order valence-corrected chi connectivity index (χ3v) is 6.19. The Morgan fingerprint density at radius 3 is 2.48 bits per heavy atom. The van der Waals surface area contributed by atoms with Gasteiger partial charge in [0.1, 0.15) is 17.0 Å². The molecule has 0 radical (unpaired) electrons. The van der Waals surface area contributed by atoms with Crippen molar-refractivity contribution in [2.45, 2.75) is 24.6 Å². The Kier molecular flexibility index (Phi) is 4.86. The molecule has 7 heteroatoms. The number of hydrogen-bond acceptors (Lipinski definition) is 3. The molecule has 2 fully saturated rings. The summed E-state index contributed by atoms with van der Waals surface area (Å²) in [6, 6.07) is 10.4. The van der Waals surface area contributed by atoms with Crippen LogP contribution in [0.2, 0.25) is 0 Å². The molecule has 1 unspecified atom stereocenters. The number of halogens is 2. The van der Waals surface area contributed by atoms with Crippen molar-refractivity contribution >= 4 is 35.0 Å². The summed E-state index contributed by atoms with van der Waals surface area (Å²) in [6.07, 6.45) is 2.96. The smallest absolute Gasteiger partial charge is 0.238 e. The molecular weight excluding hydrogens is 370 g/mol. The third-order valence-electron chi connectivity index (χ3n) is 4.98. The van der Waals surface area contributed by atoms with E-state index in [4.69, 9.17) is 0 Å². The number of rotatable bonds is 4. The van der Waals surface area contributed by atoms with Crippen molar-refractivity contribution in [2.24, 2.45) is 5.92 Å². The summed E-state index contributed by atoms with van der Waals surface area (Å²) in [5.41, 5.74) is 1.58. The fourth-order valence-corrected chi connectivity index (χ4v) is 4.42. The molecule has 1 heterocycles. The van der Waals surface area contributed by atoms with Gasteiger partial charge in [-0.15, -0.1) is 11.8 Å². The average Bonchev–Trinajstić information content (AvgIpc) is 2.95. The maximum Gasteiger partial charge on any atom is 0.238 e. The fraction of sp³-hybridized carbons (Fsp3) is 0.300. The van der Waals surface area contributed by atoms with Gasteiger partial charge in [-0.3, -0.25) is 14.5 Å². The van der Waals surface area contributed by atoms with E-state index in [1.165, 1.54) is 22.7 Å². The van der Waals surface area contributed by atoms with Crippen LogP contribution in [0.25, 0.3) is 0 Å². The molecule has 2 aromatic rings.